The maximum absolute atomic E-state index is 11.8. The fourth-order valence-electron chi connectivity index (χ4n) is 2.18. The molecule has 7 heteroatoms. The van der Waals surface area contributed by atoms with Gasteiger partial charge in [-0.05, 0) is 30.3 Å². The molecule has 0 amide bonds. The summed E-state index contributed by atoms with van der Waals surface area (Å²) in [7, 11) is -3.34. The summed E-state index contributed by atoms with van der Waals surface area (Å²) in [5.74, 6) is 0.547. The van der Waals surface area contributed by atoms with E-state index in [0.717, 1.165) is 10.0 Å². The van der Waals surface area contributed by atoms with Crippen molar-refractivity contribution in [3.63, 3.8) is 0 Å². The first-order valence-electron chi connectivity index (χ1n) is 6.10. The van der Waals surface area contributed by atoms with Gasteiger partial charge in [0.1, 0.15) is 11.3 Å². The van der Waals surface area contributed by atoms with Gasteiger partial charge in [-0.25, -0.2) is 13.4 Å². The van der Waals surface area contributed by atoms with Crippen LogP contribution in [-0.4, -0.2) is 24.6 Å². The molecule has 0 aliphatic rings. The number of benzene rings is 2. The van der Waals surface area contributed by atoms with E-state index in [0.29, 0.717) is 22.5 Å². The number of H-pyrrole nitrogens is 1. The lowest BCUT2D eigenvalue weighted by molar-refractivity contribution is 0.602. The van der Waals surface area contributed by atoms with E-state index in [4.69, 9.17) is 5.73 Å². The third-order valence-corrected chi connectivity index (χ3v) is 4.77. The number of anilines is 1. The fraction of sp³-hybridized carbons (Fsp3) is 0.0714. The van der Waals surface area contributed by atoms with Crippen LogP contribution >= 0.6 is 15.9 Å². The van der Waals surface area contributed by atoms with Crippen molar-refractivity contribution in [2.75, 3.05) is 12.0 Å². The van der Waals surface area contributed by atoms with E-state index in [9.17, 15) is 8.42 Å². The van der Waals surface area contributed by atoms with E-state index < -0.39 is 9.84 Å². The molecule has 0 radical (unpaired) electrons. The Hall–Kier alpha value is -1.86. The second-order valence-electron chi connectivity index (χ2n) is 4.74. The van der Waals surface area contributed by atoms with Crippen molar-refractivity contribution in [1.82, 2.24) is 9.97 Å². The molecule has 0 saturated carbocycles. The zero-order valence-corrected chi connectivity index (χ0v) is 13.5. The number of fused-ring (bicyclic) bond motifs is 1. The van der Waals surface area contributed by atoms with E-state index in [1.54, 1.807) is 24.3 Å². The van der Waals surface area contributed by atoms with Crippen LogP contribution in [0.1, 0.15) is 0 Å². The van der Waals surface area contributed by atoms with Crippen molar-refractivity contribution in [3.05, 3.63) is 40.9 Å². The number of nitrogen functional groups attached to an aromatic ring is 1. The van der Waals surface area contributed by atoms with Crippen LogP contribution in [0.15, 0.2) is 45.8 Å². The SMILES string of the molecule is CS(=O)(=O)c1cccc2[nH]c(-c3ccc(Br)cc3N)nc12. The average molecular weight is 366 g/mol. The highest BCUT2D eigenvalue weighted by Crippen LogP contribution is 2.30. The van der Waals surface area contributed by atoms with E-state index in [-0.39, 0.29) is 4.90 Å². The second kappa shape index (κ2) is 4.85. The van der Waals surface area contributed by atoms with Crippen molar-refractivity contribution in [1.29, 1.82) is 0 Å². The first-order valence-corrected chi connectivity index (χ1v) is 8.79. The van der Waals surface area contributed by atoms with Crippen molar-refractivity contribution in [3.8, 4) is 11.4 Å². The number of sulfone groups is 1. The van der Waals surface area contributed by atoms with Crippen molar-refractivity contribution in [2.45, 2.75) is 4.90 Å². The third kappa shape index (κ3) is 2.54. The van der Waals surface area contributed by atoms with Crippen LogP contribution in [0, 0.1) is 0 Å². The summed E-state index contributed by atoms with van der Waals surface area (Å²) in [5.41, 5.74) is 8.37. The fourth-order valence-corrected chi connectivity index (χ4v) is 3.39. The molecule has 1 aromatic heterocycles. The summed E-state index contributed by atoms with van der Waals surface area (Å²) in [6, 6.07) is 10.5. The number of hydrogen-bond donors (Lipinski definition) is 2. The summed E-state index contributed by atoms with van der Waals surface area (Å²) in [5, 5.41) is 0. The molecular formula is C14H12BrN3O2S. The van der Waals surface area contributed by atoms with Gasteiger partial charge in [-0.2, -0.15) is 0 Å². The minimum Gasteiger partial charge on any atom is -0.398 e. The lowest BCUT2D eigenvalue weighted by Crippen LogP contribution is -1.97. The lowest BCUT2D eigenvalue weighted by Gasteiger charge is -2.02. The number of aromatic amines is 1. The van der Waals surface area contributed by atoms with Gasteiger partial charge in [0.2, 0.25) is 0 Å². The van der Waals surface area contributed by atoms with Gasteiger partial charge < -0.3 is 10.7 Å². The van der Waals surface area contributed by atoms with E-state index in [2.05, 4.69) is 25.9 Å². The molecule has 0 aliphatic carbocycles. The molecule has 5 nitrogen and oxygen atoms in total. The molecule has 0 spiro atoms. The van der Waals surface area contributed by atoms with Crippen LogP contribution in [0.5, 0.6) is 0 Å². The van der Waals surface area contributed by atoms with Crippen LogP contribution in [-0.2, 0) is 9.84 Å². The van der Waals surface area contributed by atoms with Crippen molar-refractivity contribution in [2.24, 2.45) is 0 Å². The minimum atomic E-state index is -3.34. The van der Waals surface area contributed by atoms with Crippen LogP contribution in [0.4, 0.5) is 5.69 Å². The summed E-state index contributed by atoms with van der Waals surface area (Å²) in [6.07, 6.45) is 1.17. The average Bonchev–Trinajstić information content (AvgIpc) is 2.80. The van der Waals surface area contributed by atoms with Gasteiger partial charge in [-0.3, -0.25) is 0 Å². The summed E-state index contributed by atoms with van der Waals surface area (Å²) in [6.45, 7) is 0. The molecule has 3 aromatic rings. The monoisotopic (exact) mass is 365 g/mol. The molecule has 0 bridgehead atoms. The van der Waals surface area contributed by atoms with Gasteiger partial charge in [-0.15, -0.1) is 0 Å². The zero-order chi connectivity index (χ0) is 15.2. The van der Waals surface area contributed by atoms with Gasteiger partial charge in [0, 0.05) is 22.0 Å². The maximum atomic E-state index is 11.8. The number of rotatable bonds is 2. The number of halogens is 1. The van der Waals surface area contributed by atoms with Crippen molar-refractivity contribution >= 4 is 42.5 Å². The Morgan fingerprint density at radius 3 is 2.67 bits per heavy atom. The zero-order valence-electron chi connectivity index (χ0n) is 11.1. The standard InChI is InChI=1S/C14H12BrN3O2S/c1-21(19,20)12-4-2-3-11-13(12)18-14(17-11)9-6-5-8(15)7-10(9)16/h2-7H,16H2,1H3,(H,17,18). The number of nitrogens with zero attached hydrogens (tertiary/aromatic N) is 1. The van der Waals surface area contributed by atoms with Gasteiger partial charge in [0.05, 0.1) is 10.4 Å². The number of aromatic nitrogens is 2. The molecular weight excluding hydrogens is 354 g/mol. The van der Waals surface area contributed by atoms with Crippen molar-refractivity contribution < 1.29 is 8.42 Å². The Bertz CT molecular complexity index is 948. The Morgan fingerprint density at radius 2 is 2.00 bits per heavy atom. The Morgan fingerprint density at radius 1 is 1.24 bits per heavy atom. The molecule has 0 unspecified atom stereocenters. The maximum Gasteiger partial charge on any atom is 0.177 e. The van der Waals surface area contributed by atoms with Crippen LogP contribution in [0.25, 0.3) is 22.4 Å². The quantitative estimate of drug-likeness (QED) is 0.683. The van der Waals surface area contributed by atoms with Crippen LogP contribution in [0.3, 0.4) is 0 Å². The predicted molar refractivity (Wildman–Crippen MR) is 86.8 cm³/mol. The number of nitrogens with one attached hydrogen (secondary N) is 1. The van der Waals surface area contributed by atoms with Gasteiger partial charge in [0.15, 0.2) is 9.84 Å². The summed E-state index contributed by atoms with van der Waals surface area (Å²) in [4.78, 5) is 7.73. The first kappa shape index (κ1) is 14.1. The van der Waals surface area contributed by atoms with Crippen LogP contribution in [0.2, 0.25) is 0 Å². The predicted octanol–water partition coefficient (Wildman–Crippen LogP) is 2.98. The first-order chi connectivity index (χ1) is 9.86. The largest absolute Gasteiger partial charge is 0.398 e. The van der Waals surface area contributed by atoms with Gasteiger partial charge >= 0.3 is 0 Å². The van der Waals surface area contributed by atoms with Gasteiger partial charge in [0.25, 0.3) is 0 Å². The van der Waals surface area contributed by atoms with E-state index in [1.807, 2.05) is 12.1 Å². The van der Waals surface area contributed by atoms with E-state index >= 15 is 0 Å². The highest BCUT2D eigenvalue weighted by atomic mass is 79.9. The molecule has 0 atom stereocenters. The molecule has 0 fully saturated rings. The molecule has 3 rings (SSSR count). The van der Waals surface area contributed by atoms with E-state index in [1.165, 1.54) is 6.26 Å². The molecule has 0 saturated heterocycles. The number of imidazole rings is 1. The molecule has 2 aromatic carbocycles. The second-order valence-corrected chi connectivity index (χ2v) is 7.64. The summed E-state index contributed by atoms with van der Waals surface area (Å²) < 4.78 is 24.5. The Balaban J connectivity index is 2.27. The Kier molecular flexibility index (Phi) is 3.26. The molecule has 21 heavy (non-hydrogen) atoms. The Labute approximate surface area is 130 Å². The summed E-state index contributed by atoms with van der Waals surface area (Å²) >= 11 is 3.35. The number of hydrogen-bond acceptors (Lipinski definition) is 4. The molecule has 108 valence electrons. The lowest BCUT2D eigenvalue weighted by atomic mass is 10.2. The highest BCUT2D eigenvalue weighted by molar-refractivity contribution is 9.10. The topological polar surface area (TPSA) is 88.8 Å². The molecule has 1 heterocycles. The molecule has 3 N–H and O–H groups in total. The highest BCUT2D eigenvalue weighted by Gasteiger charge is 2.16. The number of nitrogens with two attached hydrogens (primary N) is 1. The minimum absolute atomic E-state index is 0.207. The van der Waals surface area contributed by atoms with Gasteiger partial charge in [-0.1, -0.05) is 22.0 Å². The number of para-hydroxylation sites is 1. The third-order valence-electron chi connectivity index (χ3n) is 3.14. The smallest absolute Gasteiger partial charge is 0.177 e. The van der Waals surface area contributed by atoms with Crippen LogP contribution < -0.4 is 5.73 Å². The normalized spacial score (nSPS) is 11.9. The molecule has 0 aliphatic heterocycles.